The van der Waals surface area contributed by atoms with Gasteiger partial charge < -0.3 is 0 Å². The molecule has 0 aromatic heterocycles. The largest absolute Gasteiger partial charge is 0.121 e. The van der Waals surface area contributed by atoms with E-state index in [2.05, 4.69) is 132 Å². The first-order valence-electron chi connectivity index (χ1n) is 17.5. The van der Waals surface area contributed by atoms with Crippen molar-refractivity contribution in [1.29, 1.82) is 0 Å². The summed E-state index contributed by atoms with van der Waals surface area (Å²) >= 11 is 0. The fourth-order valence-corrected chi connectivity index (χ4v) is 9.35. The second-order valence-electron chi connectivity index (χ2n) is 13.9. The summed E-state index contributed by atoms with van der Waals surface area (Å²) in [5.41, 5.74) is 1.84. The first kappa shape index (κ1) is 31.2. The molecule has 9 rings (SSSR count). The molecule has 0 saturated heterocycles. The van der Waals surface area contributed by atoms with Gasteiger partial charge in [-0.1, -0.05) is 156 Å². The minimum absolute atomic E-state index is 0.117. The SMILES string of the molecule is C#CC1(C#Cc2ccccc2)C2CC3CC(c4ccccc4)(C2)C(C#Cc2ccccc2)(C#Cc2ccccc2)C1(C#Cc1ccccc1)C3. The van der Waals surface area contributed by atoms with Gasteiger partial charge in [-0.15, -0.1) is 6.42 Å². The van der Waals surface area contributed by atoms with E-state index in [-0.39, 0.29) is 5.92 Å². The third kappa shape index (κ3) is 4.96. The van der Waals surface area contributed by atoms with Crippen LogP contribution in [-0.4, -0.2) is 0 Å². The van der Waals surface area contributed by atoms with Crippen molar-refractivity contribution in [3.8, 4) is 59.7 Å². The number of rotatable bonds is 1. The molecule has 0 nitrogen and oxygen atoms in total. The molecule has 0 radical (unpaired) electrons. The van der Waals surface area contributed by atoms with Gasteiger partial charge in [0.25, 0.3) is 0 Å². The van der Waals surface area contributed by atoms with Crippen LogP contribution in [0, 0.1) is 87.8 Å². The van der Waals surface area contributed by atoms with Gasteiger partial charge in [0.1, 0.15) is 10.8 Å². The standard InChI is InChI=1S/C50H36/c1-2-47(32-28-40-18-8-3-9-19-40)46-36-44-37-48(39-46,45-26-16-7-17-27-45)49(33-29-41-20-10-4-11-21-41,34-30-42-22-12-5-13-23-42)50(47,38-44)35-31-43-24-14-6-15-25-43/h1,3-27,44,46H,36-39H2. The van der Waals surface area contributed by atoms with Crippen molar-refractivity contribution < 1.29 is 0 Å². The zero-order valence-electron chi connectivity index (χ0n) is 28.0. The van der Waals surface area contributed by atoms with Crippen molar-refractivity contribution in [2.75, 3.05) is 0 Å². The van der Waals surface area contributed by atoms with Gasteiger partial charge in [0.05, 0.1) is 5.41 Å². The van der Waals surface area contributed by atoms with E-state index in [1.807, 2.05) is 72.8 Å². The average Bonchev–Trinajstić information content (AvgIpc) is 3.18. The zero-order chi connectivity index (χ0) is 33.9. The van der Waals surface area contributed by atoms with Crippen LogP contribution in [0.1, 0.15) is 53.5 Å². The van der Waals surface area contributed by atoms with Crippen molar-refractivity contribution in [1.82, 2.24) is 0 Å². The van der Waals surface area contributed by atoms with Gasteiger partial charge in [-0.2, -0.15) is 0 Å². The van der Waals surface area contributed by atoms with Crippen LogP contribution in [0.15, 0.2) is 152 Å². The summed E-state index contributed by atoms with van der Waals surface area (Å²) in [6, 6.07) is 51.9. The van der Waals surface area contributed by atoms with Gasteiger partial charge in [0, 0.05) is 27.7 Å². The Kier molecular flexibility index (Phi) is 7.94. The van der Waals surface area contributed by atoms with E-state index in [9.17, 15) is 0 Å². The Labute approximate surface area is 297 Å². The topological polar surface area (TPSA) is 0 Å². The molecule has 236 valence electrons. The number of terminal acetylenes is 1. The molecule has 0 amide bonds. The number of hydrogen-bond acceptors (Lipinski definition) is 0. The molecule has 50 heavy (non-hydrogen) atoms. The monoisotopic (exact) mass is 636 g/mol. The molecule has 4 aliphatic rings. The molecule has 4 bridgehead atoms. The maximum absolute atomic E-state index is 6.91. The molecular weight excluding hydrogens is 601 g/mol. The number of benzene rings is 5. The van der Waals surface area contributed by atoms with E-state index in [0.29, 0.717) is 5.92 Å². The Morgan fingerprint density at radius 1 is 0.460 bits per heavy atom. The summed E-state index contributed by atoms with van der Waals surface area (Å²) in [4.78, 5) is 0. The van der Waals surface area contributed by atoms with Gasteiger partial charge >= 0.3 is 0 Å². The Bertz CT molecular complexity index is 2250. The molecule has 4 saturated carbocycles. The lowest BCUT2D eigenvalue weighted by atomic mass is 9.26. The smallest absolute Gasteiger partial charge is 0.118 e. The Morgan fingerprint density at radius 3 is 1.34 bits per heavy atom. The second kappa shape index (κ2) is 12.7. The van der Waals surface area contributed by atoms with Crippen molar-refractivity contribution in [3.63, 3.8) is 0 Å². The highest BCUT2D eigenvalue weighted by atomic mass is 14.8. The van der Waals surface area contributed by atoms with E-state index < -0.39 is 21.7 Å². The summed E-state index contributed by atoms with van der Waals surface area (Å²) in [6.07, 6.45) is 10.5. The summed E-state index contributed by atoms with van der Waals surface area (Å²) in [7, 11) is 0. The molecule has 0 aliphatic heterocycles. The van der Waals surface area contributed by atoms with Crippen LogP contribution in [0.5, 0.6) is 0 Å². The van der Waals surface area contributed by atoms with Crippen molar-refractivity contribution >= 4 is 0 Å². The lowest BCUT2D eigenvalue weighted by molar-refractivity contribution is -0.162. The molecule has 5 unspecified atom stereocenters. The summed E-state index contributed by atoms with van der Waals surface area (Å²) in [5, 5.41) is 0. The van der Waals surface area contributed by atoms with E-state index in [0.717, 1.165) is 47.9 Å². The van der Waals surface area contributed by atoms with Crippen LogP contribution >= 0.6 is 0 Å². The van der Waals surface area contributed by atoms with Crippen LogP contribution in [0.2, 0.25) is 0 Å². The first-order chi connectivity index (χ1) is 24.6. The van der Waals surface area contributed by atoms with Crippen molar-refractivity contribution in [2.45, 2.75) is 31.1 Å². The highest BCUT2D eigenvalue weighted by molar-refractivity contribution is 5.61. The number of hydrogen-bond donors (Lipinski definition) is 0. The molecule has 0 heterocycles. The molecule has 0 heteroatoms. The molecule has 0 spiro atoms. The van der Waals surface area contributed by atoms with E-state index in [4.69, 9.17) is 6.42 Å². The quantitative estimate of drug-likeness (QED) is 0.161. The normalized spacial score (nSPS) is 26.2. The van der Waals surface area contributed by atoms with Crippen molar-refractivity contribution in [2.24, 2.45) is 28.1 Å². The zero-order valence-corrected chi connectivity index (χ0v) is 28.0. The Balaban J connectivity index is 1.52. The van der Waals surface area contributed by atoms with Gasteiger partial charge in [-0.3, -0.25) is 0 Å². The van der Waals surface area contributed by atoms with E-state index >= 15 is 0 Å². The molecule has 4 fully saturated rings. The van der Waals surface area contributed by atoms with Crippen LogP contribution in [0.3, 0.4) is 0 Å². The van der Waals surface area contributed by atoms with Gasteiger partial charge in [0.15, 0.2) is 0 Å². The van der Waals surface area contributed by atoms with E-state index in [1.165, 1.54) is 5.56 Å². The minimum Gasteiger partial charge on any atom is -0.118 e. The Hall–Kier alpha value is -6.10. The fraction of sp³-hybridized carbons (Fsp3) is 0.200. The highest BCUT2D eigenvalue weighted by Crippen LogP contribution is 2.79. The first-order valence-corrected chi connectivity index (χ1v) is 17.5. The Morgan fingerprint density at radius 2 is 0.880 bits per heavy atom. The maximum atomic E-state index is 6.91. The van der Waals surface area contributed by atoms with Crippen LogP contribution < -0.4 is 0 Å². The molecule has 5 aromatic rings. The van der Waals surface area contributed by atoms with Gasteiger partial charge in [-0.25, -0.2) is 0 Å². The molecule has 4 aliphatic carbocycles. The van der Waals surface area contributed by atoms with Gasteiger partial charge in [0.2, 0.25) is 0 Å². The maximum Gasteiger partial charge on any atom is 0.121 e. The molecule has 5 atom stereocenters. The van der Waals surface area contributed by atoms with Gasteiger partial charge in [-0.05, 0) is 91.6 Å². The summed E-state index contributed by atoms with van der Waals surface area (Å²) in [5.74, 6) is 34.3. The predicted molar refractivity (Wildman–Crippen MR) is 203 cm³/mol. The second-order valence-corrected chi connectivity index (χ2v) is 13.9. The van der Waals surface area contributed by atoms with Crippen LogP contribution in [0.25, 0.3) is 0 Å². The lowest BCUT2D eigenvalue weighted by Crippen LogP contribution is -2.73. The van der Waals surface area contributed by atoms with E-state index in [1.54, 1.807) is 0 Å². The van der Waals surface area contributed by atoms with Crippen molar-refractivity contribution in [3.05, 3.63) is 179 Å². The summed E-state index contributed by atoms with van der Waals surface area (Å²) in [6.45, 7) is 0. The molecular formula is C50H36. The average molecular weight is 637 g/mol. The summed E-state index contributed by atoms with van der Waals surface area (Å²) < 4.78 is 0. The highest BCUT2D eigenvalue weighted by Gasteiger charge is 2.80. The molecule has 5 aromatic carbocycles. The van der Waals surface area contributed by atoms with Crippen LogP contribution in [0.4, 0.5) is 0 Å². The fourth-order valence-electron chi connectivity index (χ4n) is 9.35. The predicted octanol–water partition coefficient (Wildman–Crippen LogP) is 9.56. The van der Waals surface area contributed by atoms with Crippen LogP contribution in [-0.2, 0) is 5.41 Å². The minimum atomic E-state index is -0.972. The third-order valence-electron chi connectivity index (χ3n) is 11.4. The third-order valence-corrected chi connectivity index (χ3v) is 11.4. The molecule has 0 N–H and O–H groups in total. The lowest BCUT2D eigenvalue weighted by Gasteiger charge is -2.72.